The van der Waals surface area contributed by atoms with Gasteiger partial charge in [0.15, 0.2) is 0 Å². The maximum atomic E-state index is 11.4. The minimum absolute atomic E-state index is 0.195. The van der Waals surface area contributed by atoms with Gasteiger partial charge in [-0.2, -0.15) is 5.26 Å². The van der Waals surface area contributed by atoms with Crippen molar-refractivity contribution in [2.24, 2.45) is 0 Å². The first-order valence-electron chi connectivity index (χ1n) is 6.44. The molecule has 0 aliphatic rings. The van der Waals surface area contributed by atoms with Crippen LogP contribution in [0.4, 0.5) is 17.1 Å². The van der Waals surface area contributed by atoms with Crippen LogP contribution in [0.15, 0.2) is 36.4 Å². The molecular weight excluding hydrogens is 338 g/mol. The topological polar surface area (TPSA) is 96.0 Å². The van der Waals surface area contributed by atoms with Crippen LogP contribution < -0.4 is 5.32 Å². The second-order valence-electron chi connectivity index (χ2n) is 4.75. The van der Waals surface area contributed by atoms with E-state index in [0.717, 1.165) is 0 Å². The fourth-order valence-corrected chi connectivity index (χ4v) is 2.94. The number of nitrogens with one attached hydrogen (secondary N) is 1. The highest BCUT2D eigenvalue weighted by Crippen LogP contribution is 2.30. The summed E-state index contributed by atoms with van der Waals surface area (Å²) >= 11 is 6.06. The second kappa shape index (κ2) is 7.22. The summed E-state index contributed by atoms with van der Waals surface area (Å²) in [4.78, 5) is 10.6. The highest BCUT2D eigenvalue weighted by atomic mass is 35.5. The third-order valence-electron chi connectivity index (χ3n) is 3.01. The van der Waals surface area contributed by atoms with Crippen LogP contribution in [0.25, 0.3) is 0 Å². The standard InChI is InChI=1S/C15H12ClN3O3S/c1-23(22)9-11-7-12(3-4-13(11)16)18-14-5-2-10(8-17)6-15(14)19(20)21/h2-7,18H,9H2,1H3. The van der Waals surface area contributed by atoms with E-state index < -0.39 is 15.7 Å². The van der Waals surface area contributed by atoms with Crippen LogP contribution in [0, 0.1) is 21.4 Å². The molecule has 23 heavy (non-hydrogen) atoms. The fourth-order valence-electron chi connectivity index (χ4n) is 2.00. The van der Waals surface area contributed by atoms with Gasteiger partial charge in [-0.3, -0.25) is 14.3 Å². The number of hydrogen-bond acceptors (Lipinski definition) is 5. The van der Waals surface area contributed by atoms with E-state index in [-0.39, 0.29) is 16.9 Å². The second-order valence-corrected chi connectivity index (χ2v) is 6.59. The number of rotatable bonds is 5. The van der Waals surface area contributed by atoms with Crippen LogP contribution in [-0.4, -0.2) is 15.4 Å². The monoisotopic (exact) mass is 349 g/mol. The highest BCUT2D eigenvalue weighted by Gasteiger charge is 2.15. The maximum absolute atomic E-state index is 11.4. The Bertz CT molecular complexity index is 833. The van der Waals surface area contributed by atoms with Crippen LogP contribution in [-0.2, 0) is 16.6 Å². The number of benzene rings is 2. The molecule has 1 unspecified atom stereocenters. The number of anilines is 2. The Morgan fingerprint density at radius 2 is 2.09 bits per heavy atom. The zero-order valence-electron chi connectivity index (χ0n) is 12.1. The molecule has 0 spiro atoms. The minimum Gasteiger partial charge on any atom is -0.350 e. The maximum Gasteiger partial charge on any atom is 0.293 e. The van der Waals surface area contributed by atoms with Crippen molar-refractivity contribution in [3.8, 4) is 6.07 Å². The molecule has 6 nitrogen and oxygen atoms in total. The number of halogens is 1. The molecule has 0 fully saturated rings. The van der Waals surface area contributed by atoms with Gasteiger partial charge in [-0.15, -0.1) is 0 Å². The van der Waals surface area contributed by atoms with E-state index in [2.05, 4.69) is 5.32 Å². The molecule has 0 saturated heterocycles. The molecule has 0 aliphatic heterocycles. The summed E-state index contributed by atoms with van der Waals surface area (Å²) in [6, 6.07) is 11.1. The lowest BCUT2D eigenvalue weighted by atomic mass is 10.1. The summed E-state index contributed by atoms with van der Waals surface area (Å²) in [5.41, 5.74) is 1.55. The molecule has 8 heteroatoms. The zero-order valence-corrected chi connectivity index (χ0v) is 13.6. The van der Waals surface area contributed by atoms with Crippen molar-refractivity contribution in [2.45, 2.75) is 5.75 Å². The van der Waals surface area contributed by atoms with Gasteiger partial charge in [0, 0.05) is 39.6 Å². The summed E-state index contributed by atoms with van der Waals surface area (Å²) in [7, 11) is -1.05. The first-order chi connectivity index (χ1) is 10.9. The summed E-state index contributed by atoms with van der Waals surface area (Å²) < 4.78 is 11.4. The summed E-state index contributed by atoms with van der Waals surface area (Å²) in [5, 5.41) is 23.4. The van der Waals surface area contributed by atoms with Gasteiger partial charge >= 0.3 is 0 Å². The Morgan fingerprint density at radius 3 is 2.70 bits per heavy atom. The van der Waals surface area contributed by atoms with Crippen molar-refractivity contribution in [3.63, 3.8) is 0 Å². The molecule has 2 rings (SSSR count). The van der Waals surface area contributed by atoms with Crippen molar-refractivity contribution in [2.75, 3.05) is 11.6 Å². The molecule has 2 aromatic rings. The van der Waals surface area contributed by atoms with Gasteiger partial charge in [-0.25, -0.2) is 0 Å². The molecule has 0 bridgehead atoms. The van der Waals surface area contributed by atoms with Crippen LogP contribution in [0.3, 0.4) is 0 Å². The summed E-state index contributed by atoms with van der Waals surface area (Å²) in [6.07, 6.45) is 1.57. The van der Waals surface area contributed by atoms with Crippen LogP contribution in [0.1, 0.15) is 11.1 Å². The number of nitrogens with zero attached hydrogens (tertiary/aromatic N) is 2. The van der Waals surface area contributed by atoms with E-state index in [0.29, 0.717) is 22.0 Å². The predicted molar refractivity (Wildman–Crippen MR) is 90.3 cm³/mol. The Kier molecular flexibility index (Phi) is 5.32. The lowest BCUT2D eigenvalue weighted by Gasteiger charge is -2.10. The predicted octanol–water partition coefficient (Wildman–Crippen LogP) is 3.74. The first kappa shape index (κ1) is 16.9. The third-order valence-corrected chi connectivity index (χ3v) is 4.09. The van der Waals surface area contributed by atoms with Gasteiger partial charge in [0.25, 0.3) is 5.69 Å². The average Bonchev–Trinajstić information content (AvgIpc) is 2.50. The van der Waals surface area contributed by atoms with Crippen molar-refractivity contribution in [1.82, 2.24) is 0 Å². The van der Waals surface area contributed by atoms with E-state index in [1.165, 1.54) is 18.2 Å². The van der Waals surface area contributed by atoms with Gasteiger partial charge in [-0.05, 0) is 35.9 Å². The number of nitro benzene ring substituents is 1. The van der Waals surface area contributed by atoms with Gasteiger partial charge in [0.2, 0.25) is 0 Å². The van der Waals surface area contributed by atoms with Gasteiger partial charge in [-0.1, -0.05) is 11.6 Å². The molecule has 2 aromatic carbocycles. The number of nitriles is 1. The molecule has 1 atom stereocenters. The van der Waals surface area contributed by atoms with Crippen LogP contribution in [0.5, 0.6) is 0 Å². The van der Waals surface area contributed by atoms with Gasteiger partial charge in [0.1, 0.15) is 5.69 Å². The van der Waals surface area contributed by atoms with Crippen LogP contribution >= 0.6 is 11.6 Å². The van der Waals surface area contributed by atoms with Crippen molar-refractivity contribution < 1.29 is 9.13 Å². The normalized spacial score (nSPS) is 11.5. The molecule has 118 valence electrons. The molecule has 0 aromatic heterocycles. The number of hydrogen-bond donors (Lipinski definition) is 1. The quantitative estimate of drug-likeness (QED) is 0.655. The molecule has 0 heterocycles. The van der Waals surface area contributed by atoms with E-state index in [1.54, 1.807) is 24.5 Å². The Hall–Kier alpha value is -2.43. The van der Waals surface area contributed by atoms with Gasteiger partial charge < -0.3 is 5.32 Å². The summed E-state index contributed by atoms with van der Waals surface area (Å²) in [6.45, 7) is 0. The van der Waals surface area contributed by atoms with Crippen molar-refractivity contribution in [3.05, 3.63) is 62.7 Å². The molecule has 0 saturated carbocycles. The Balaban J connectivity index is 2.38. The average molecular weight is 350 g/mol. The van der Waals surface area contributed by atoms with E-state index in [9.17, 15) is 14.3 Å². The summed E-state index contributed by atoms with van der Waals surface area (Å²) in [5.74, 6) is 0.295. The fraction of sp³-hybridized carbons (Fsp3) is 0.133. The van der Waals surface area contributed by atoms with Crippen molar-refractivity contribution >= 4 is 39.5 Å². The molecule has 0 aliphatic carbocycles. The van der Waals surface area contributed by atoms with E-state index >= 15 is 0 Å². The van der Waals surface area contributed by atoms with Crippen LogP contribution in [0.2, 0.25) is 5.02 Å². The SMILES string of the molecule is CS(=O)Cc1cc(Nc2ccc(C#N)cc2[N+](=O)[O-])ccc1Cl. The lowest BCUT2D eigenvalue weighted by molar-refractivity contribution is -0.383. The molecular formula is C15H12ClN3O3S. The smallest absolute Gasteiger partial charge is 0.293 e. The highest BCUT2D eigenvalue weighted by molar-refractivity contribution is 7.83. The zero-order chi connectivity index (χ0) is 17.0. The van der Waals surface area contributed by atoms with E-state index in [4.69, 9.17) is 16.9 Å². The van der Waals surface area contributed by atoms with Crippen molar-refractivity contribution in [1.29, 1.82) is 5.26 Å². The first-order valence-corrected chi connectivity index (χ1v) is 8.55. The van der Waals surface area contributed by atoms with E-state index in [1.807, 2.05) is 6.07 Å². The largest absolute Gasteiger partial charge is 0.350 e. The lowest BCUT2D eigenvalue weighted by Crippen LogP contribution is -1.99. The molecule has 0 radical (unpaired) electrons. The molecule has 1 N–H and O–H groups in total. The Labute approximate surface area is 140 Å². The Morgan fingerprint density at radius 1 is 1.35 bits per heavy atom. The third kappa shape index (κ3) is 4.28. The molecule has 0 amide bonds. The number of nitro groups is 1. The minimum atomic E-state index is -1.05. The van der Waals surface area contributed by atoms with Gasteiger partial charge in [0.05, 0.1) is 16.6 Å².